The minimum Gasteiger partial charge on any atom is -0.373 e. The third-order valence-corrected chi connectivity index (χ3v) is 5.41. The Balaban J connectivity index is 2.11. The predicted molar refractivity (Wildman–Crippen MR) is 94.3 cm³/mol. The zero-order valence-corrected chi connectivity index (χ0v) is 16.3. The second-order valence-electron chi connectivity index (χ2n) is 7.19. The van der Waals surface area contributed by atoms with Gasteiger partial charge in [0.15, 0.2) is 0 Å². The molecule has 0 bridgehead atoms. The van der Waals surface area contributed by atoms with Crippen LogP contribution in [0.25, 0.3) is 0 Å². The molecule has 156 valence electrons. The van der Waals surface area contributed by atoms with E-state index in [1.165, 1.54) is 18.0 Å². The first-order valence-electron chi connectivity index (χ1n) is 8.58. The van der Waals surface area contributed by atoms with Crippen LogP contribution in [0, 0.1) is 11.7 Å². The van der Waals surface area contributed by atoms with Crippen LogP contribution in [0.5, 0.6) is 0 Å². The largest absolute Gasteiger partial charge is 0.426 e. The number of amides is 2. The van der Waals surface area contributed by atoms with Crippen LogP contribution in [0.2, 0.25) is 5.02 Å². The summed E-state index contributed by atoms with van der Waals surface area (Å²) in [6.07, 6.45) is -4.86. The Hall–Kier alpha value is -1.87. The summed E-state index contributed by atoms with van der Waals surface area (Å²) >= 11 is 5.93. The van der Waals surface area contributed by atoms with Crippen LogP contribution in [0.4, 0.5) is 17.6 Å². The molecule has 1 aliphatic rings. The molecule has 5 nitrogen and oxygen atoms in total. The Labute approximate surface area is 164 Å². The van der Waals surface area contributed by atoms with Gasteiger partial charge in [-0.05, 0) is 37.5 Å². The fourth-order valence-electron chi connectivity index (χ4n) is 3.33. The second-order valence-corrected chi connectivity index (χ2v) is 7.60. The number of alkyl halides is 3. The monoisotopic (exact) mass is 424 g/mol. The molecule has 0 saturated carbocycles. The molecule has 1 saturated heterocycles. The van der Waals surface area contributed by atoms with Gasteiger partial charge < -0.3 is 14.9 Å². The third-order valence-electron chi connectivity index (χ3n) is 5.09. The zero-order chi connectivity index (χ0) is 21.4. The van der Waals surface area contributed by atoms with Gasteiger partial charge in [0.05, 0.1) is 10.6 Å². The molecule has 1 fully saturated rings. The van der Waals surface area contributed by atoms with Crippen LogP contribution in [-0.2, 0) is 4.79 Å². The fourth-order valence-corrected chi connectivity index (χ4v) is 3.57. The first-order valence-corrected chi connectivity index (χ1v) is 8.96. The minimum atomic E-state index is -5.09. The van der Waals surface area contributed by atoms with E-state index in [-0.39, 0.29) is 42.1 Å². The van der Waals surface area contributed by atoms with Crippen molar-refractivity contribution in [3.05, 3.63) is 34.6 Å². The van der Waals surface area contributed by atoms with Crippen molar-refractivity contribution in [1.29, 1.82) is 0 Å². The van der Waals surface area contributed by atoms with E-state index in [4.69, 9.17) is 11.6 Å². The van der Waals surface area contributed by atoms with E-state index in [9.17, 15) is 32.3 Å². The lowest BCUT2D eigenvalue weighted by Crippen LogP contribution is -2.60. The molecule has 0 radical (unpaired) electrons. The number of rotatable bonds is 3. The number of nitrogens with zero attached hydrogens (tertiary/aromatic N) is 2. The van der Waals surface area contributed by atoms with Gasteiger partial charge >= 0.3 is 6.18 Å². The van der Waals surface area contributed by atoms with Crippen LogP contribution in [0.3, 0.4) is 0 Å². The van der Waals surface area contributed by atoms with Gasteiger partial charge in [0.25, 0.3) is 11.8 Å². The van der Waals surface area contributed by atoms with Gasteiger partial charge in [-0.25, -0.2) is 4.39 Å². The molecule has 0 spiro atoms. The molecule has 1 aliphatic heterocycles. The predicted octanol–water partition coefficient (Wildman–Crippen LogP) is 3.10. The lowest BCUT2D eigenvalue weighted by atomic mass is 9.90. The molecular formula is C18H21ClF4N2O3. The zero-order valence-electron chi connectivity index (χ0n) is 15.6. The number of carbonyl (C=O) groups is 2. The summed E-state index contributed by atoms with van der Waals surface area (Å²) in [6.45, 7) is 2.03. The van der Waals surface area contributed by atoms with Crippen LogP contribution in [0.1, 0.15) is 30.6 Å². The van der Waals surface area contributed by atoms with Gasteiger partial charge in [-0.1, -0.05) is 18.5 Å². The van der Waals surface area contributed by atoms with E-state index < -0.39 is 29.4 Å². The molecule has 0 aromatic heterocycles. The van der Waals surface area contributed by atoms with E-state index in [0.717, 1.165) is 17.0 Å². The first-order chi connectivity index (χ1) is 12.8. The highest BCUT2D eigenvalue weighted by Crippen LogP contribution is 2.33. The highest BCUT2D eigenvalue weighted by Gasteiger charge is 2.57. The summed E-state index contributed by atoms with van der Waals surface area (Å²) in [7, 11) is 1.52. The highest BCUT2D eigenvalue weighted by molar-refractivity contribution is 6.33. The van der Waals surface area contributed by atoms with Crippen LogP contribution < -0.4 is 0 Å². The number of aliphatic hydroxyl groups is 1. The van der Waals surface area contributed by atoms with Crippen molar-refractivity contribution in [3.8, 4) is 0 Å². The quantitative estimate of drug-likeness (QED) is 0.758. The number of hydrogen-bond donors (Lipinski definition) is 1. The number of halogens is 5. The second kappa shape index (κ2) is 7.87. The molecule has 1 N–H and O–H groups in total. The summed E-state index contributed by atoms with van der Waals surface area (Å²) in [5.74, 6) is -2.80. The smallest absolute Gasteiger partial charge is 0.373 e. The summed E-state index contributed by atoms with van der Waals surface area (Å²) in [5, 5.41) is 9.55. The highest BCUT2D eigenvalue weighted by atomic mass is 35.5. The molecule has 2 rings (SSSR count). The van der Waals surface area contributed by atoms with Gasteiger partial charge in [-0.15, -0.1) is 0 Å². The van der Waals surface area contributed by atoms with Crippen molar-refractivity contribution in [2.24, 2.45) is 5.92 Å². The molecular weight excluding hydrogens is 404 g/mol. The Kier molecular flexibility index (Phi) is 6.30. The molecule has 0 aliphatic carbocycles. The van der Waals surface area contributed by atoms with Crippen molar-refractivity contribution in [2.75, 3.05) is 20.1 Å². The van der Waals surface area contributed by atoms with Gasteiger partial charge in [0.1, 0.15) is 5.82 Å². The van der Waals surface area contributed by atoms with Gasteiger partial charge in [0.2, 0.25) is 5.60 Å². The summed E-state index contributed by atoms with van der Waals surface area (Å²) < 4.78 is 51.9. The average Bonchev–Trinajstić information content (AvgIpc) is 2.58. The number of carbonyl (C=O) groups excluding carboxylic acids is 2. The normalized spacial score (nSPS) is 22.5. The maximum atomic E-state index is 13.2. The van der Waals surface area contributed by atoms with Crippen molar-refractivity contribution in [1.82, 2.24) is 9.80 Å². The first kappa shape index (κ1) is 22.4. The molecule has 1 aromatic rings. The average molecular weight is 425 g/mol. The molecule has 10 heteroatoms. The molecule has 1 heterocycles. The molecule has 28 heavy (non-hydrogen) atoms. The summed E-state index contributed by atoms with van der Waals surface area (Å²) in [6, 6.07) is 3.03. The van der Waals surface area contributed by atoms with Crippen LogP contribution in [-0.4, -0.2) is 64.7 Å². The van der Waals surface area contributed by atoms with Crippen molar-refractivity contribution in [2.45, 2.75) is 38.1 Å². The molecule has 3 unspecified atom stereocenters. The molecule has 3 atom stereocenters. The number of benzene rings is 1. The summed E-state index contributed by atoms with van der Waals surface area (Å²) in [4.78, 5) is 27.2. The van der Waals surface area contributed by atoms with Gasteiger partial charge in [-0.3, -0.25) is 9.59 Å². The van der Waals surface area contributed by atoms with E-state index in [2.05, 4.69) is 0 Å². The van der Waals surface area contributed by atoms with E-state index >= 15 is 0 Å². The SMILES string of the molecule is CC1CN(C(=O)C(C)(O)C(F)(F)F)CCC1N(C)C(=O)c1ccc(F)cc1Cl. The number of likely N-dealkylation sites (tertiary alicyclic amines) is 1. The van der Waals surface area contributed by atoms with Crippen LogP contribution in [0.15, 0.2) is 18.2 Å². The number of piperidine rings is 1. The lowest BCUT2D eigenvalue weighted by molar-refractivity contribution is -0.251. The minimum absolute atomic E-state index is 0.0432. The Morgan fingerprint density at radius 1 is 1.32 bits per heavy atom. The van der Waals surface area contributed by atoms with Crippen molar-refractivity contribution >= 4 is 23.4 Å². The van der Waals surface area contributed by atoms with E-state index in [0.29, 0.717) is 6.92 Å². The third kappa shape index (κ3) is 4.25. The van der Waals surface area contributed by atoms with Crippen LogP contribution >= 0.6 is 11.6 Å². The Morgan fingerprint density at radius 2 is 1.93 bits per heavy atom. The van der Waals surface area contributed by atoms with E-state index in [1.807, 2.05) is 0 Å². The van der Waals surface area contributed by atoms with Crippen molar-refractivity contribution < 1.29 is 32.3 Å². The number of hydrogen-bond acceptors (Lipinski definition) is 3. The van der Waals surface area contributed by atoms with E-state index in [1.54, 1.807) is 6.92 Å². The topological polar surface area (TPSA) is 60.9 Å². The standard InChI is InChI=1S/C18H21ClF4N2O3/c1-10-9-25(16(27)17(2,28)18(21,22)23)7-6-14(10)24(3)15(26)12-5-4-11(20)8-13(12)19/h4-5,8,10,14,28H,6-7,9H2,1-3H3. The van der Waals surface area contributed by atoms with Crippen molar-refractivity contribution in [3.63, 3.8) is 0 Å². The van der Waals surface area contributed by atoms with Gasteiger partial charge in [-0.2, -0.15) is 13.2 Å². The molecule has 1 aromatic carbocycles. The maximum Gasteiger partial charge on any atom is 0.426 e. The van der Waals surface area contributed by atoms with Gasteiger partial charge in [0, 0.05) is 26.2 Å². The summed E-state index contributed by atoms with van der Waals surface area (Å²) in [5.41, 5.74) is -3.36. The Bertz CT molecular complexity index is 770. The Morgan fingerprint density at radius 3 is 2.43 bits per heavy atom. The maximum absolute atomic E-state index is 13.2. The fraction of sp³-hybridized carbons (Fsp3) is 0.556. The molecule has 2 amide bonds. The lowest BCUT2D eigenvalue weighted by Gasteiger charge is -2.43.